The molecule has 2 saturated heterocycles. The molecule has 25 heavy (non-hydrogen) atoms. The van der Waals surface area contributed by atoms with Crippen LogP contribution in [0.1, 0.15) is 47.8 Å². The number of fused-ring (bicyclic) bond motifs is 1. The fourth-order valence-corrected chi connectivity index (χ4v) is 4.31. The molecule has 132 valence electrons. The van der Waals surface area contributed by atoms with Crippen LogP contribution in [0.5, 0.6) is 0 Å². The van der Waals surface area contributed by atoms with Gasteiger partial charge in [-0.1, -0.05) is 18.1 Å². The van der Waals surface area contributed by atoms with Crippen LogP contribution in [0.2, 0.25) is 0 Å². The number of rotatable bonds is 2. The first-order valence-corrected chi connectivity index (χ1v) is 9.46. The zero-order valence-corrected chi connectivity index (χ0v) is 15.5. The number of piperidine rings is 1. The van der Waals surface area contributed by atoms with Gasteiger partial charge in [-0.25, -0.2) is 0 Å². The lowest BCUT2D eigenvalue weighted by molar-refractivity contribution is 0.00223. The molecule has 2 aliphatic rings. The predicted octanol–water partition coefficient (Wildman–Crippen LogP) is 3.55. The van der Waals surface area contributed by atoms with E-state index in [1.54, 1.807) is 0 Å². The SMILES string of the molecule is Cc1ccc2nc(C)cc(C(=O)N3CC(N4CCCC[C@H]4C)C3)c2c1. The minimum Gasteiger partial charge on any atom is -0.335 e. The summed E-state index contributed by atoms with van der Waals surface area (Å²) in [5.74, 6) is 0.155. The molecular formula is C21H27N3O. The molecule has 0 spiro atoms. The van der Waals surface area contributed by atoms with Crippen molar-refractivity contribution in [1.82, 2.24) is 14.8 Å². The van der Waals surface area contributed by atoms with Gasteiger partial charge >= 0.3 is 0 Å². The number of likely N-dealkylation sites (tertiary alicyclic amines) is 2. The number of benzene rings is 1. The first-order valence-electron chi connectivity index (χ1n) is 9.46. The summed E-state index contributed by atoms with van der Waals surface area (Å²) < 4.78 is 0. The number of amides is 1. The molecular weight excluding hydrogens is 310 g/mol. The standard InChI is InChI=1S/C21H27N3O/c1-14-7-8-20-18(10-14)19(11-15(2)22-20)21(25)23-12-17(13-23)24-9-5-4-6-16(24)3/h7-8,10-11,16-17H,4-6,9,12-13H2,1-3H3/t16-/m1/s1. The van der Waals surface area contributed by atoms with Gasteiger partial charge in [0.15, 0.2) is 0 Å². The molecule has 2 aliphatic heterocycles. The molecule has 0 aliphatic carbocycles. The topological polar surface area (TPSA) is 36.4 Å². The Morgan fingerprint density at radius 3 is 2.72 bits per heavy atom. The molecule has 3 heterocycles. The van der Waals surface area contributed by atoms with E-state index in [0.717, 1.165) is 40.8 Å². The third-order valence-corrected chi connectivity index (χ3v) is 5.80. The monoisotopic (exact) mass is 337 g/mol. The van der Waals surface area contributed by atoms with Gasteiger partial charge in [0.05, 0.1) is 11.1 Å². The molecule has 0 bridgehead atoms. The van der Waals surface area contributed by atoms with Gasteiger partial charge in [-0.3, -0.25) is 14.7 Å². The number of aromatic nitrogens is 1. The normalized spacial score (nSPS) is 22.2. The Labute approximate surface area is 149 Å². The summed E-state index contributed by atoms with van der Waals surface area (Å²) in [4.78, 5) is 22.3. The molecule has 1 atom stereocenters. The molecule has 4 nitrogen and oxygen atoms in total. The number of hydrogen-bond acceptors (Lipinski definition) is 3. The van der Waals surface area contributed by atoms with Crippen molar-refractivity contribution in [2.45, 2.75) is 52.1 Å². The third kappa shape index (κ3) is 3.04. The molecule has 0 radical (unpaired) electrons. The maximum absolute atomic E-state index is 13.1. The van der Waals surface area contributed by atoms with E-state index in [2.05, 4.69) is 35.9 Å². The minimum absolute atomic E-state index is 0.155. The largest absolute Gasteiger partial charge is 0.335 e. The third-order valence-electron chi connectivity index (χ3n) is 5.80. The van der Waals surface area contributed by atoms with E-state index in [4.69, 9.17) is 0 Å². The van der Waals surface area contributed by atoms with Crippen LogP contribution in [-0.4, -0.2) is 52.4 Å². The van der Waals surface area contributed by atoms with Gasteiger partial charge in [0.25, 0.3) is 5.91 Å². The molecule has 4 rings (SSSR count). The van der Waals surface area contributed by atoms with Crippen LogP contribution in [0.4, 0.5) is 0 Å². The number of carbonyl (C=O) groups excluding carboxylic acids is 1. The van der Waals surface area contributed by atoms with E-state index in [9.17, 15) is 4.79 Å². The predicted molar refractivity (Wildman–Crippen MR) is 101 cm³/mol. The van der Waals surface area contributed by atoms with Crippen LogP contribution >= 0.6 is 0 Å². The Kier molecular flexibility index (Phi) is 4.24. The van der Waals surface area contributed by atoms with Crippen molar-refractivity contribution in [2.24, 2.45) is 0 Å². The van der Waals surface area contributed by atoms with Crippen LogP contribution in [0.3, 0.4) is 0 Å². The highest BCUT2D eigenvalue weighted by Crippen LogP contribution is 2.27. The highest BCUT2D eigenvalue weighted by molar-refractivity contribution is 6.06. The zero-order valence-electron chi connectivity index (χ0n) is 15.5. The number of pyridine rings is 1. The average molecular weight is 337 g/mol. The summed E-state index contributed by atoms with van der Waals surface area (Å²) in [5.41, 5.74) is 3.78. The molecule has 2 aromatic rings. The second kappa shape index (κ2) is 6.41. The van der Waals surface area contributed by atoms with Crippen LogP contribution in [0.15, 0.2) is 24.3 Å². The Hall–Kier alpha value is -1.94. The van der Waals surface area contributed by atoms with Crippen molar-refractivity contribution in [3.63, 3.8) is 0 Å². The first-order chi connectivity index (χ1) is 12.0. The van der Waals surface area contributed by atoms with E-state index < -0.39 is 0 Å². The maximum atomic E-state index is 13.1. The first kappa shape index (κ1) is 16.5. The maximum Gasteiger partial charge on any atom is 0.254 e. The van der Waals surface area contributed by atoms with Crippen molar-refractivity contribution >= 4 is 16.8 Å². The van der Waals surface area contributed by atoms with Gasteiger partial charge < -0.3 is 4.90 Å². The lowest BCUT2D eigenvalue weighted by Gasteiger charge is -2.49. The van der Waals surface area contributed by atoms with Crippen molar-refractivity contribution in [3.8, 4) is 0 Å². The second-order valence-corrected chi connectivity index (χ2v) is 7.78. The Balaban J connectivity index is 1.54. The average Bonchev–Trinajstić information content (AvgIpc) is 2.55. The number of carbonyl (C=O) groups is 1. The highest BCUT2D eigenvalue weighted by Gasteiger charge is 2.38. The summed E-state index contributed by atoms with van der Waals surface area (Å²) in [6, 6.07) is 9.29. The summed E-state index contributed by atoms with van der Waals surface area (Å²) in [6.45, 7) is 9.25. The number of aryl methyl sites for hydroxylation is 2. The lowest BCUT2D eigenvalue weighted by Crippen LogP contribution is -2.63. The summed E-state index contributed by atoms with van der Waals surface area (Å²) in [7, 11) is 0. The quantitative estimate of drug-likeness (QED) is 0.841. The van der Waals surface area contributed by atoms with Crippen molar-refractivity contribution in [2.75, 3.05) is 19.6 Å². The van der Waals surface area contributed by atoms with Crippen LogP contribution in [-0.2, 0) is 0 Å². The molecule has 0 unspecified atom stereocenters. The van der Waals surface area contributed by atoms with Crippen molar-refractivity contribution < 1.29 is 4.79 Å². The second-order valence-electron chi connectivity index (χ2n) is 7.78. The van der Waals surface area contributed by atoms with E-state index in [1.807, 2.05) is 24.0 Å². The number of nitrogens with zero attached hydrogens (tertiary/aromatic N) is 3. The van der Waals surface area contributed by atoms with E-state index in [-0.39, 0.29) is 5.91 Å². The van der Waals surface area contributed by atoms with Gasteiger partial charge in [-0.05, 0) is 58.4 Å². The molecule has 1 aromatic carbocycles. The molecule has 0 saturated carbocycles. The van der Waals surface area contributed by atoms with Crippen molar-refractivity contribution in [3.05, 3.63) is 41.1 Å². The van der Waals surface area contributed by atoms with Crippen LogP contribution in [0.25, 0.3) is 10.9 Å². The molecule has 4 heteroatoms. The molecule has 1 amide bonds. The minimum atomic E-state index is 0.155. The highest BCUT2D eigenvalue weighted by atomic mass is 16.2. The lowest BCUT2D eigenvalue weighted by atomic mass is 9.96. The Bertz CT molecular complexity index is 810. The van der Waals surface area contributed by atoms with Gasteiger partial charge in [-0.2, -0.15) is 0 Å². The van der Waals surface area contributed by atoms with Crippen molar-refractivity contribution in [1.29, 1.82) is 0 Å². The van der Waals surface area contributed by atoms with E-state index >= 15 is 0 Å². The summed E-state index contributed by atoms with van der Waals surface area (Å²) >= 11 is 0. The smallest absolute Gasteiger partial charge is 0.254 e. The fraction of sp³-hybridized carbons (Fsp3) is 0.524. The van der Waals surface area contributed by atoms with Gasteiger partial charge in [-0.15, -0.1) is 0 Å². The fourth-order valence-electron chi connectivity index (χ4n) is 4.31. The zero-order chi connectivity index (χ0) is 17.6. The molecule has 2 fully saturated rings. The van der Waals surface area contributed by atoms with Crippen LogP contribution in [0, 0.1) is 13.8 Å². The van der Waals surface area contributed by atoms with E-state index in [1.165, 1.54) is 25.8 Å². The molecule has 0 N–H and O–H groups in total. The van der Waals surface area contributed by atoms with Gasteiger partial charge in [0.2, 0.25) is 0 Å². The van der Waals surface area contributed by atoms with E-state index in [0.29, 0.717) is 12.1 Å². The van der Waals surface area contributed by atoms with Gasteiger partial charge in [0, 0.05) is 36.3 Å². The Morgan fingerprint density at radius 2 is 1.96 bits per heavy atom. The summed E-state index contributed by atoms with van der Waals surface area (Å²) in [5, 5.41) is 0.977. The Morgan fingerprint density at radius 1 is 1.16 bits per heavy atom. The van der Waals surface area contributed by atoms with Gasteiger partial charge in [0.1, 0.15) is 0 Å². The summed E-state index contributed by atoms with van der Waals surface area (Å²) in [6.07, 6.45) is 3.93. The van der Waals surface area contributed by atoms with Crippen LogP contribution < -0.4 is 0 Å². The number of hydrogen-bond donors (Lipinski definition) is 0. The molecule has 1 aromatic heterocycles.